The summed E-state index contributed by atoms with van der Waals surface area (Å²) in [4.78, 5) is 24.4. The summed E-state index contributed by atoms with van der Waals surface area (Å²) in [6, 6.07) is 4.23. The first-order chi connectivity index (χ1) is 11.5. The lowest BCUT2D eigenvalue weighted by Crippen LogP contribution is -2.49. The molecule has 1 rings (SSSR count). The van der Waals surface area contributed by atoms with Crippen LogP contribution in [0.2, 0.25) is 0 Å². The lowest BCUT2D eigenvalue weighted by atomic mass is 10.0. The van der Waals surface area contributed by atoms with Gasteiger partial charge in [-0.3, -0.25) is 9.52 Å². The molecular weight excluding hydrogens is 347 g/mol. The Balaban J connectivity index is 2.79. The van der Waals surface area contributed by atoms with Crippen LogP contribution in [0.4, 0.5) is 9.18 Å². The van der Waals surface area contributed by atoms with Crippen molar-refractivity contribution in [3.8, 4) is 0 Å². The van der Waals surface area contributed by atoms with Crippen LogP contribution in [-0.2, 0) is 20.5 Å². The number of rotatable bonds is 6. The molecule has 140 valence electrons. The van der Waals surface area contributed by atoms with E-state index in [4.69, 9.17) is 4.74 Å². The highest BCUT2D eigenvalue weighted by molar-refractivity contribution is 7.83. The van der Waals surface area contributed by atoms with E-state index in [-0.39, 0.29) is 10.8 Å². The Morgan fingerprint density at radius 2 is 1.92 bits per heavy atom. The van der Waals surface area contributed by atoms with Crippen molar-refractivity contribution in [2.24, 2.45) is 5.92 Å². The van der Waals surface area contributed by atoms with Crippen LogP contribution in [0.25, 0.3) is 0 Å². The fourth-order valence-electron chi connectivity index (χ4n) is 1.96. The number of benzene rings is 1. The van der Waals surface area contributed by atoms with E-state index in [1.165, 1.54) is 18.2 Å². The van der Waals surface area contributed by atoms with Crippen LogP contribution < -0.4 is 10.0 Å². The Labute approximate surface area is 150 Å². The molecule has 0 fully saturated rings. The van der Waals surface area contributed by atoms with Gasteiger partial charge in [-0.25, -0.2) is 13.4 Å². The second-order valence-corrected chi connectivity index (χ2v) is 8.23. The Kier molecular flexibility index (Phi) is 7.54. The third kappa shape index (κ3) is 8.11. The number of hydrogen-bond acceptors (Lipinski definition) is 4. The zero-order valence-corrected chi connectivity index (χ0v) is 15.9. The van der Waals surface area contributed by atoms with E-state index in [1.54, 1.807) is 20.8 Å². The van der Waals surface area contributed by atoms with Crippen LogP contribution in [0.15, 0.2) is 29.2 Å². The standard InChI is InChI=1S/C17H25FN2O4S/c1-11(2)9-14(19-16(22)24-17(3,4)5)15(21)20-25(23)13-8-6-7-12(18)10-13/h6-8,10-11,14H,9H2,1-5H3,(H,19,22)(H,20,21)/t14-,25?/m0/s1. The molecule has 0 spiro atoms. The maximum atomic E-state index is 13.2. The van der Waals surface area contributed by atoms with E-state index in [1.807, 2.05) is 13.8 Å². The van der Waals surface area contributed by atoms with Crippen LogP contribution >= 0.6 is 0 Å². The summed E-state index contributed by atoms with van der Waals surface area (Å²) in [5, 5.41) is 2.49. The van der Waals surface area contributed by atoms with E-state index in [0.717, 1.165) is 6.07 Å². The van der Waals surface area contributed by atoms with Gasteiger partial charge in [0.05, 0.1) is 4.90 Å². The van der Waals surface area contributed by atoms with Gasteiger partial charge < -0.3 is 10.1 Å². The number of halogens is 1. The maximum Gasteiger partial charge on any atom is 0.408 e. The number of alkyl carbamates (subject to hydrolysis) is 1. The number of amides is 2. The highest BCUT2D eigenvalue weighted by Crippen LogP contribution is 2.11. The lowest BCUT2D eigenvalue weighted by Gasteiger charge is -2.24. The van der Waals surface area contributed by atoms with Crippen LogP contribution in [0.1, 0.15) is 41.0 Å². The summed E-state index contributed by atoms with van der Waals surface area (Å²) in [5.74, 6) is -1.07. The van der Waals surface area contributed by atoms with E-state index in [9.17, 15) is 18.2 Å². The SMILES string of the molecule is CC(C)C[C@H](NC(=O)OC(C)(C)C)C(=O)NS(=O)c1cccc(F)c1. The first-order valence-corrected chi connectivity index (χ1v) is 9.10. The third-order valence-corrected chi connectivity index (χ3v) is 3.99. The molecule has 1 unspecified atom stereocenters. The van der Waals surface area contributed by atoms with Gasteiger partial charge in [0.2, 0.25) is 0 Å². The number of nitrogens with one attached hydrogen (secondary N) is 2. The fourth-order valence-corrected chi connectivity index (χ4v) is 2.82. The Morgan fingerprint density at radius 1 is 1.28 bits per heavy atom. The van der Waals surface area contributed by atoms with Crippen molar-refractivity contribution in [3.63, 3.8) is 0 Å². The zero-order valence-electron chi connectivity index (χ0n) is 15.1. The molecule has 0 radical (unpaired) electrons. The van der Waals surface area contributed by atoms with Gasteiger partial charge in [0.15, 0.2) is 11.0 Å². The van der Waals surface area contributed by atoms with Crippen molar-refractivity contribution in [1.82, 2.24) is 10.0 Å². The monoisotopic (exact) mass is 372 g/mol. The van der Waals surface area contributed by atoms with Gasteiger partial charge in [-0.15, -0.1) is 0 Å². The molecule has 2 N–H and O–H groups in total. The molecule has 0 aliphatic carbocycles. The minimum absolute atomic E-state index is 0.105. The molecule has 8 heteroatoms. The molecule has 0 bridgehead atoms. The molecule has 0 saturated heterocycles. The quantitative estimate of drug-likeness (QED) is 0.804. The van der Waals surface area contributed by atoms with Gasteiger partial charge >= 0.3 is 6.09 Å². The molecule has 2 amide bonds. The second-order valence-electron chi connectivity index (χ2n) is 7.02. The number of hydrogen-bond donors (Lipinski definition) is 2. The van der Waals surface area contributed by atoms with Gasteiger partial charge in [0, 0.05) is 0 Å². The molecule has 25 heavy (non-hydrogen) atoms. The van der Waals surface area contributed by atoms with Crippen LogP contribution in [0, 0.1) is 11.7 Å². The van der Waals surface area contributed by atoms with Crippen molar-refractivity contribution >= 4 is 23.0 Å². The van der Waals surface area contributed by atoms with Gasteiger partial charge in [-0.05, 0) is 51.3 Å². The smallest absolute Gasteiger partial charge is 0.408 e. The Bertz CT molecular complexity index is 644. The fraction of sp³-hybridized carbons (Fsp3) is 0.529. The summed E-state index contributed by atoms with van der Waals surface area (Å²) in [7, 11) is -1.92. The summed E-state index contributed by atoms with van der Waals surface area (Å²) in [6.07, 6.45) is -0.393. The minimum atomic E-state index is -1.92. The molecule has 0 aliphatic rings. The molecule has 0 heterocycles. The molecule has 2 atom stereocenters. The van der Waals surface area contributed by atoms with Crippen molar-refractivity contribution in [2.75, 3.05) is 0 Å². The first-order valence-electron chi connectivity index (χ1n) is 7.95. The Hall–Kier alpha value is -1.96. The number of carbonyl (C=O) groups is 2. The highest BCUT2D eigenvalue weighted by atomic mass is 32.2. The van der Waals surface area contributed by atoms with Gasteiger partial charge in [0.1, 0.15) is 17.5 Å². The molecule has 0 aromatic heterocycles. The highest BCUT2D eigenvalue weighted by Gasteiger charge is 2.26. The molecule has 1 aromatic carbocycles. The summed E-state index contributed by atoms with van der Waals surface area (Å²) in [6.45, 7) is 8.91. The van der Waals surface area contributed by atoms with E-state index in [2.05, 4.69) is 10.0 Å². The largest absolute Gasteiger partial charge is 0.444 e. The van der Waals surface area contributed by atoms with E-state index < -0.39 is 40.4 Å². The van der Waals surface area contributed by atoms with Crippen molar-refractivity contribution in [2.45, 2.75) is 57.6 Å². The third-order valence-electron chi connectivity index (χ3n) is 2.92. The molecule has 6 nitrogen and oxygen atoms in total. The average molecular weight is 372 g/mol. The average Bonchev–Trinajstić information content (AvgIpc) is 2.43. The minimum Gasteiger partial charge on any atom is -0.444 e. The molecular formula is C17H25FN2O4S. The molecule has 0 saturated carbocycles. The van der Waals surface area contributed by atoms with E-state index in [0.29, 0.717) is 6.42 Å². The normalized spacial score (nSPS) is 13.9. The lowest BCUT2D eigenvalue weighted by molar-refractivity contribution is -0.121. The predicted octanol–water partition coefficient (Wildman–Crippen LogP) is 2.90. The predicted molar refractivity (Wildman–Crippen MR) is 93.6 cm³/mol. The topological polar surface area (TPSA) is 84.5 Å². The Morgan fingerprint density at radius 3 is 2.44 bits per heavy atom. The molecule has 1 aromatic rings. The van der Waals surface area contributed by atoms with Gasteiger partial charge in [0.25, 0.3) is 5.91 Å². The van der Waals surface area contributed by atoms with E-state index >= 15 is 0 Å². The van der Waals surface area contributed by atoms with Crippen LogP contribution in [0.5, 0.6) is 0 Å². The summed E-state index contributed by atoms with van der Waals surface area (Å²) < 4.78 is 32.8. The van der Waals surface area contributed by atoms with Crippen molar-refractivity contribution in [3.05, 3.63) is 30.1 Å². The van der Waals surface area contributed by atoms with Crippen LogP contribution in [-0.4, -0.2) is 27.9 Å². The van der Waals surface area contributed by atoms with Crippen molar-refractivity contribution < 1.29 is 22.9 Å². The maximum absolute atomic E-state index is 13.2. The van der Waals surface area contributed by atoms with Crippen LogP contribution in [0.3, 0.4) is 0 Å². The summed E-state index contributed by atoms with van der Waals surface area (Å²) >= 11 is 0. The first kappa shape index (κ1) is 21.1. The summed E-state index contributed by atoms with van der Waals surface area (Å²) in [5.41, 5.74) is -0.701. The number of carbonyl (C=O) groups excluding carboxylic acids is 2. The zero-order chi connectivity index (χ0) is 19.2. The number of ether oxygens (including phenoxy) is 1. The van der Waals surface area contributed by atoms with Crippen molar-refractivity contribution in [1.29, 1.82) is 0 Å². The molecule has 0 aliphatic heterocycles. The second kappa shape index (κ2) is 8.94. The van der Waals surface area contributed by atoms with Gasteiger partial charge in [-0.1, -0.05) is 19.9 Å². The van der Waals surface area contributed by atoms with Gasteiger partial charge in [-0.2, -0.15) is 0 Å².